The van der Waals surface area contributed by atoms with Crippen LogP contribution in [-0.2, 0) is 9.59 Å². The zero-order valence-electron chi connectivity index (χ0n) is 13.5. The third kappa shape index (κ3) is 5.17. The number of piperazine rings is 1. The molecule has 2 rings (SSSR count). The first kappa shape index (κ1) is 17.1. The van der Waals surface area contributed by atoms with Gasteiger partial charge in [-0.1, -0.05) is 12.1 Å². The molecule has 1 saturated heterocycles. The molecule has 1 aliphatic rings. The minimum Gasteiger partial charge on any atom is -0.338 e. The average molecular weight is 319 g/mol. The summed E-state index contributed by atoms with van der Waals surface area (Å²) in [7, 11) is 3.71. The van der Waals surface area contributed by atoms with Gasteiger partial charge in [-0.2, -0.15) is 0 Å². The van der Waals surface area contributed by atoms with Gasteiger partial charge in [-0.15, -0.1) is 0 Å². The van der Waals surface area contributed by atoms with Gasteiger partial charge in [0.1, 0.15) is 5.82 Å². The molecule has 2 amide bonds. The highest BCUT2D eigenvalue weighted by Gasteiger charge is 2.23. The minimum atomic E-state index is -0.326. The first-order chi connectivity index (χ1) is 11.0. The van der Waals surface area contributed by atoms with Crippen LogP contribution in [0.2, 0.25) is 0 Å². The number of benzene rings is 1. The Morgan fingerprint density at radius 3 is 2.43 bits per heavy atom. The lowest BCUT2D eigenvalue weighted by atomic mass is 10.2. The largest absolute Gasteiger partial charge is 0.338 e. The van der Waals surface area contributed by atoms with Crippen molar-refractivity contribution in [2.45, 2.75) is 0 Å². The van der Waals surface area contributed by atoms with Gasteiger partial charge in [0.25, 0.3) is 0 Å². The van der Waals surface area contributed by atoms with Crippen molar-refractivity contribution in [2.24, 2.45) is 0 Å². The number of likely N-dealkylation sites (N-methyl/N-ethyl adjacent to an activating group) is 1. The van der Waals surface area contributed by atoms with Crippen molar-refractivity contribution in [3.63, 3.8) is 0 Å². The molecule has 0 aliphatic carbocycles. The lowest BCUT2D eigenvalue weighted by Gasteiger charge is -2.34. The van der Waals surface area contributed by atoms with Crippen LogP contribution in [0, 0.1) is 5.82 Å². The highest BCUT2D eigenvalue weighted by atomic mass is 19.1. The van der Waals surface area contributed by atoms with E-state index in [-0.39, 0.29) is 17.6 Å². The third-order valence-corrected chi connectivity index (χ3v) is 3.66. The molecule has 0 unspecified atom stereocenters. The Bertz CT molecular complexity index is 593. The standard InChI is InChI=1S/C17H22FN3O2/c1-19(2)13-17(23)21-10-8-20(9-11-21)16(22)7-6-14-4-3-5-15(18)12-14/h3-7,12H,8-11,13H2,1-2H3. The second-order valence-electron chi connectivity index (χ2n) is 5.83. The lowest BCUT2D eigenvalue weighted by Crippen LogP contribution is -2.51. The van der Waals surface area contributed by atoms with Crippen LogP contribution >= 0.6 is 0 Å². The summed E-state index contributed by atoms with van der Waals surface area (Å²) in [5, 5.41) is 0. The van der Waals surface area contributed by atoms with Crippen molar-refractivity contribution in [1.82, 2.24) is 14.7 Å². The summed E-state index contributed by atoms with van der Waals surface area (Å²) in [5.41, 5.74) is 0.651. The van der Waals surface area contributed by atoms with Crippen molar-refractivity contribution in [3.8, 4) is 0 Å². The van der Waals surface area contributed by atoms with Crippen LogP contribution in [-0.4, -0.2) is 73.3 Å². The van der Waals surface area contributed by atoms with E-state index in [1.54, 1.807) is 28.0 Å². The summed E-state index contributed by atoms with van der Waals surface area (Å²) in [4.78, 5) is 29.4. The minimum absolute atomic E-state index is 0.0809. The van der Waals surface area contributed by atoms with E-state index in [2.05, 4.69) is 0 Å². The molecule has 6 heteroatoms. The monoisotopic (exact) mass is 319 g/mol. The second kappa shape index (κ2) is 7.87. The van der Waals surface area contributed by atoms with Gasteiger partial charge in [-0.25, -0.2) is 4.39 Å². The molecular formula is C17H22FN3O2. The van der Waals surface area contributed by atoms with Gasteiger partial charge in [0.05, 0.1) is 6.54 Å². The first-order valence-electron chi connectivity index (χ1n) is 7.61. The van der Waals surface area contributed by atoms with E-state index in [0.29, 0.717) is 38.3 Å². The van der Waals surface area contributed by atoms with Gasteiger partial charge in [0, 0.05) is 32.3 Å². The van der Waals surface area contributed by atoms with Crippen LogP contribution in [0.4, 0.5) is 4.39 Å². The molecule has 1 aromatic rings. The van der Waals surface area contributed by atoms with Crippen molar-refractivity contribution < 1.29 is 14.0 Å². The number of carbonyl (C=O) groups excluding carboxylic acids is 2. The highest BCUT2D eigenvalue weighted by molar-refractivity contribution is 5.92. The maximum Gasteiger partial charge on any atom is 0.246 e. The number of rotatable bonds is 4. The highest BCUT2D eigenvalue weighted by Crippen LogP contribution is 2.08. The van der Waals surface area contributed by atoms with E-state index >= 15 is 0 Å². The second-order valence-corrected chi connectivity index (χ2v) is 5.83. The molecule has 124 valence electrons. The molecule has 23 heavy (non-hydrogen) atoms. The van der Waals surface area contributed by atoms with Crippen LogP contribution < -0.4 is 0 Å². The Morgan fingerprint density at radius 1 is 1.17 bits per heavy atom. The molecule has 1 aromatic carbocycles. The molecular weight excluding hydrogens is 297 g/mol. The van der Waals surface area contributed by atoms with Crippen molar-refractivity contribution in [1.29, 1.82) is 0 Å². The van der Waals surface area contributed by atoms with E-state index in [9.17, 15) is 14.0 Å². The Kier molecular flexibility index (Phi) is 5.87. The van der Waals surface area contributed by atoms with Crippen LogP contribution in [0.5, 0.6) is 0 Å². The van der Waals surface area contributed by atoms with E-state index in [4.69, 9.17) is 0 Å². The van der Waals surface area contributed by atoms with Crippen LogP contribution in [0.1, 0.15) is 5.56 Å². The zero-order chi connectivity index (χ0) is 16.8. The smallest absolute Gasteiger partial charge is 0.246 e. The van der Waals surface area contributed by atoms with E-state index in [0.717, 1.165) is 0 Å². The molecule has 1 heterocycles. The van der Waals surface area contributed by atoms with Crippen molar-refractivity contribution in [2.75, 3.05) is 46.8 Å². The number of hydrogen-bond acceptors (Lipinski definition) is 3. The van der Waals surface area contributed by atoms with Crippen molar-refractivity contribution >= 4 is 17.9 Å². The van der Waals surface area contributed by atoms with E-state index in [1.807, 2.05) is 19.0 Å². The normalized spacial score (nSPS) is 15.5. The number of carbonyl (C=O) groups is 2. The van der Waals surface area contributed by atoms with Crippen LogP contribution in [0.3, 0.4) is 0 Å². The SMILES string of the molecule is CN(C)CC(=O)N1CCN(C(=O)C=Cc2cccc(F)c2)CC1. The Balaban J connectivity index is 1.85. The number of nitrogens with zero attached hydrogens (tertiary/aromatic N) is 3. The fraction of sp³-hybridized carbons (Fsp3) is 0.412. The number of halogens is 1. The maximum atomic E-state index is 13.1. The number of amides is 2. The summed E-state index contributed by atoms with van der Waals surface area (Å²) in [6, 6.07) is 6.09. The molecule has 0 radical (unpaired) electrons. The summed E-state index contributed by atoms with van der Waals surface area (Å²) < 4.78 is 13.1. The van der Waals surface area contributed by atoms with Gasteiger partial charge in [-0.3, -0.25) is 9.59 Å². The average Bonchev–Trinajstić information content (AvgIpc) is 2.52. The summed E-state index contributed by atoms with van der Waals surface area (Å²) in [6.45, 7) is 2.52. The van der Waals surface area contributed by atoms with Gasteiger partial charge in [-0.05, 0) is 37.9 Å². The zero-order valence-corrected chi connectivity index (χ0v) is 13.5. The van der Waals surface area contributed by atoms with E-state index < -0.39 is 0 Å². The Labute approximate surface area is 136 Å². The molecule has 0 atom stereocenters. The topological polar surface area (TPSA) is 43.9 Å². The summed E-state index contributed by atoms with van der Waals surface area (Å²) >= 11 is 0. The molecule has 0 spiro atoms. The molecule has 1 aliphatic heterocycles. The fourth-order valence-electron chi connectivity index (χ4n) is 2.43. The predicted molar refractivity (Wildman–Crippen MR) is 87.1 cm³/mol. The summed E-state index contributed by atoms with van der Waals surface area (Å²) in [6.07, 6.45) is 3.06. The molecule has 1 fully saturated rings. The Morgan fingerprint density at radius 2 is 1.83 bits per heavy atom. The van der Waals surface area contributed by atoms with E-state index in [1.165, 1.54) is 18.2 Å². The quantitative estimate of drug-likeness (QED) is 0.780. The van der Waals surface area contributed by atoms with Gasteiger partial charge in [0.2, 0.25) is 11.8 Å². The number of hydrogen-bond donors (Lipinski definition) is 0. The third-order valence-electron chi connectivity index (χ3n) is 3.66. The first-order valence-corrected chi connectivity index (χ1v) is 7.61. The van der Waals surface area contributed by atoms with Gasteiger partial charge in [0.15, 0.2) is 0 Å². The molecule has 0 aromatic heterocycles. The maximum absolute atomic E-state index is 13.1. The molecule has 0 N–H and O–H groups in total. The van der Waals surface area contributed by atoms with Gasteiger partial charge >= 0.3 is 0 Å². The molecule has 5 nitrogen and oxygen atoms in total. The van der Waals surface area contributed by atoms with Crippen LogP contribution in [0.25, 0.3) is 6.08 Å². The molecule has 0 bridgehead atoms. The fourth-order valence-corrected chi connectivity index (χ4v) is 2.43. The van der Waals surface area contributed by atoms with Gasteiger partial charge < -0.3 is 14.7 Å². The Hall–Kier alpha value is -2.21. The van der Waals surface area contributed by atoms with Crippen LogP contribution in [0.15, 0.2) is 30.3 Å². The molecule has 0 saturated carbocycles. The van der Waals surface area contributed by atoms with Crippen molar-refractivity contribution in [3.05, 3.63) is 41.7 Å². The summed E-state index contributed by atoms with van der Waals surface area (Å²) in [5.74, 6) is -0.362. The predicted octanol–water partition coefficient (Wildman–Crippen LogP) is 1.07. The lowest BCUT2D eigenvalue weighted by molar-refractivity contribution is -0.137.